The van der Waals surface area contributed by atoms with Crippen molar-refractivity contribution in [3.05, 3.63) is 0 Å². The smallest absolute Gasteiger partial charge is 0.303 e. The Morgan fingerprint density at radius 2 is 2.06 bits per heavy atom. The Labute approximate surface area is 110 Å². The van der Waals surface area contributed by atoms with Gasteiger partial charge in [-0.2, -0.15) is 12.6 Å². The van der Waals surface area contributed by atoms with E-state index in [2.05, 4.69) is 17.5 Å². The minimum absolute atomic E-state index is 0.0514. The summed E-state index contributed by atoms with van der Waals surface area (Å²) in [5, 5.41) is -0.309. The molecule has 4 unspecified atom stereocenters. The van der Waals surface area contributed by atoms with Crippen molar-refractivity contribution in [2.45, 2.75) is 44.0 Å². The van der Waals surface area contributed by atoms with E-state index in [-0.39, 0.29) is 11.9 Å². The number of esters is 2. The Hall–Kier alpha value is -0.830. The second-order valence-corrected chi connectivity index (χ2v) is 4.58. The van der Waals surface area contributed by atoms with E-state index in [1.807, 2.05) is 0 Å². The number of hydrogen-bond donors (Lipinski definition) is 2. The molecular weight excluding hydrogens is 262 g/mol. The molecule has 0 aromatic rings. The largest absolute Gasteiger partial charge is 0.463 e. The molecule has 1 rings (SSSR count). The lowest BCUT2D eigenvalue weighted by Crippen LogP contribution is -2.51. The molecule has 18 heavy (non-hydrogen) atoms. The summed E-state index contributed by atoms with van der Waals surface area (Å²) >= 11 is 4.31. The first-order valence-corrected chi connectivity index (χ1v) is 5.95. The predicted octanol–water partition coefficient (Wildman–Crippen LogP) is -0.215. The van der Waals surface area contributed by atoms with Crippen molar-refractivity contribution in [1.29, 1.82) is 0 Å². The molecule has 4 atom stereocenters. The zero-order chi connectivity index (χ0) is 13.7. The van der Waals surface area contributed by atoms with Gasteiger partial charge in [-0.15, -0.1) is 0 Å². The third kappa shape index (κ3) is 4.45. The van der Waals surface area contributed by atoms with Crippen molar-refractivity contribution in [3.63, 3.8) is 0 Å². The Morgan fingerprint density at radius 3 is 2.56 bits per heavy atom. The highest BCUT2D eigenvalue weighted by Crippen LogP contribution is 2.27. The number of hydrogen-bond acceptors (Lipinski definition) is 8. The van der Waals surface area contributed by atoms with Gasteiger partial charge >= 0.3 is 11.9 Å². The molecule has 1 saturated heterocycles. The minimum atomic E-state index is -0.667. The van der Waals surface area contributed by atoms with Crippen LogP contribution < -0.4 is 5.90 Å². The molecule has 0 amide bonds. The maximum absolute atomic E-state index is 11.0. The van der Waals surface area contributed by atoms with Gasteiger partial charge in [-0.3, -0.25) is 14.4 Å². The zero-order valence-electron chi connectivity index (χ0n) is 10.2. The molecule has 2 N–H and O–H groups in total. The van der Waals surface area contributed by atoms with Gasteiger partial charge in [-0.05, 0) is 0 Å². The van der Waals surface area contributed by atoms with Crippen molar-refractivity contribution in [2.24, 2.45) is 5.90 Å². The fraction of sp³-hybridized carbons (Fsp3) is 0.800. The Balaban J connectivity index is 2.68. The lowest BCUT2D eigenvalue weighted by Gasteiger charge is -2.37. The van der Waals surface area contributed by atoms with E-state index in [4.69, 9.17) is 20.1 Å². The van der Waals surface area contributed by atoms with Crippen molar-refractivity contribution in [1.82, 2.24) is 0 Å². The van der Waals surface area contributed by atoms with E-state index in [9.17, 15) is 9.59 Å². The molecule has 7 nitrogen and oxygen atoms in total. The van der Waals surface area contributed by atoms with Crippen LogP contribution in [0.2, 0.25) is 0 Å². The third-order valence-corrected chi connectivity index (χ3v) is 2.92. The fourth-order valence-electron chi connectivity index (χ4n) is 1.67. The van der Waals surface area contributed by atoms with Crippen LogP contribution in [0.25, 0.3) is 0 Å². The number of rotatable bonds is 4. The Kier molecular flexibility index (Phi) is 5.86. The maximum atomic E-state index is 11.0. The van der Waals surface area contributed by atoms with Crippen LogP contribution in [0.1, 0.15) is 20.3 Å². The molecule has 0 saturated carbocycles. The van der Waals surface area contributed by atoms with E-state index in [0.717, 1.165) is 0 Å². The maximum Gasteiger partial charge on any atom is 0.303 e. The summed E-state index contributed by atoms with van der Waals surface area (Å²) in [4.78, 5) is 26.4. The van der Waals surface area contributed by atoms with Gasteiger partial charge in [0.05, 0.1) is 0 Å². The van der Waals surface area contributed by atoms with Gasteiger partial charge < -0.3 is 14.2 Å². The van der Waals surface area contributed by atoms with E-state index in [0.29, 0.717) is 6.42 Å². The summed E-state index contributed by atoms with van der Waals surface area (Å²) in [7, 11) is 0. The molecule has 0 radical (unpaired) electrons. The molecule has 0 spiro atoms. The number of carbonyl (C=O) groups is 2. The first-order valence-electron chi connectivity index (χ1n) is 5.43. The van der Waals surface area contributed by atoms with Crippen LogP contribution in [-0.2, 0) is 28.6 Å². The van der Waals surface area contributed by atoms with Crippen LogP contribution in [0.15, 0.2) is 0 Å². The van der Waals surface area contributed by atoms with Crippen LogP contribution in [0.5, 0.6) is 0 Å². The zero-order valence-corrected chi connectivity index (χ0v) is 11.1. The number of ether oxygens (including phenoxy) is 3. The molecule has 1 fully saturated rings. The molecule has 104 valence electrons. The fourth-order valence-corrected chi connectivity index (χ4v) is 2.10. The summed E-state index contributed by atoms with van der Waals surface area (Å²) < 4.78 is 15.4. The van der Waals surface area contributed by atoms with Crippen molar-refractivity contribution in [3.8, 4) is 0 Å². The highest BCUT2D eigenvalue weighted by molar-refractivity contribution is 7.81. The molecule has 8 heteroatoms. The molecule has 0 aromatic heterocycles. The summed E-state index contributed by atoms with van der Waals surface area (Å²) in [5.74, 6) is 4.15. The highest BCUT2D eigenvalue weighted by Gasteiger charge is 2.40. The monoisotopic (exact) mass is 279 g/mol. The predicted molar refractivity (Wildman–Crippen MR) is 63.5 cm³/mol. The summed E-state index contributed by atoms with van der Waals surface area (Å²) in [6.07, 6.45) is -1.56. The van der Waals surface area contributed by atoms with Crippen molar-refractivity contribution < 1.29 is 28.6 Å². The van der Waals surface area contributed by atoms with Crippen LogP contribution in [-0.4, -0.2) is 42.3 Å². The second-order valence-electron chi connectivity index (χ2n) is 3.92. The first kappa shape index (κ1) is 15.2. The van der Waals surface area contributed by atoms with E-state index >= 15 is 0 Å². The summed E-state index contributed by atoms with van der Waals surface area (Å²) in [6, 6.07) is 0. The van der Waals surface area contributed by atoms with Gasteiger partial charge in [0.15, 0.2) is 6.29 Å². The first-order chi connectivity index (χ1) is 8.43. The molecule has 1 aliphatic rings. The SMILES string of the molecule is CC(=O)OCC1OC(ON)CC(S)C1OC(C)=O. The average molecular weight is 279 g/mol. The molecule has 1 heterocycles. The molecule has 0 aliphatic carbocycles. The lowest BCUT2D eigenvalue weighted by atomic mass is 10.0. The van der Waals surface area contributed by atoms with Crippen LogP contribution in [0.4, 0.5) is 0 Å². The van der Waals surface area contributed by atoms with E-state index in [1.54, 1.807) is 0 Å². The average Bonchev–Trinajstić information content (AvgIpc) is 2.29. The number of nitrogens with two attached hydrogens (primary N) is 1. The Morgan fingerprint density at radius 1 is 1.39 bits per heavy atom. The van der Waals surface area contributed by atoms with Gasteiger partial charge in [0.1, 0.15) is 18.8 Å². The van der Waals surface area contributed by atoms with Gasteiger partial charge in [-0.1, -0.05) is 0 Å². The van der Waals surface area contributed by atoms with E-state index in [1.165, 1.54) is 13.8 Å². The van der Waals surface area contributed by atoms with Crippen LogP contribution in [0, 0.1) is 0 Å². The Bertz CT molecular complexity index is 313. The van der Waals surface area contributed by atoms with Crippen molar-refractivity contribution >= 4 is 24.6 Å². The summed E-state index contributed by atoms with van der Waals surface area (Å²) in [5.41, 5.74) is 0. The van der Waals surface area contributed by atoms with Gasteiger partial charge in [0.2, 0.25) is 0 Å². The van der Waals surface area contributed by atoms with Gasteiger partial charge in [0.25, 0.3) is 0 Å². The molecule has 0 bridgehead atoms. The highest BCUT2D eigenvalue weighted by atomic mass is 32.1. The second kappa shape index (κ2) is 6.93. The van der Waals surface area contributed by atoms with Crippen LogP contribution >= 0.6 is 12.6 Å². The summed E-state index contributed by atoms with van der Waals surface area (Å²) in [6.45, 7) is 2.51. The van der Waals surface area contributed by atoms with Gasteiger partial charge in [-0.25, -0.2) is 5.90 Å². The lowest BCUT2D eigenvalue weighted by molar-refractivity contribution is -0.237. The number of carbonyl (C=O) groups excluding carboxylic acids is 2. The quantitative estimate of drug-likeness (QED) is 0.417. The van der Waals surface area contributed by atoms with E-state index < -0.39 is 30.4 Å². The number of thiol groups is 1. The van der Waals surface area contributed by atoms with Gasteiger partial charge in [0, 0.05) is 25.5 Å². The standard InChI is InChI=1S/C10H17NO6S/c1-5(12)14-4-7-10(15-6(2)13)8(18)3-9(16-7)17-11/h7-10,18H,3-4,11H2,1-2H3. The van der Waals surface area contributed by atoms with Crippen LogP contribution in [0.3, 0.4) is 0 Å². The third-order valence-electron chi connectivity index (χ3n) is 2.41. The minimum Gasteiger partial charge on any atom is -0.463 e. The molecule has 0 aromatic carbocycles. The molecular formula is C10H17NO6S. The molecule has 1 aliphatic heterocycles. The topological polar surface area (TPSA) is 97.1 Å². The van der Waals surface area contributed by atoms with Crippen molar-refractivity contribution in [2.75, 3.05) is 6.61 Å². The normalized spacial score (nSPS) is 31.8.